The maximum absolute atomic E-state index is 12.2. The topological polar surface area (TPSA) is 72.5 Å². The van der Waals surface area contributed by atoms with Gasteiger partial charge in [-0.2, -0.15) is 0 Å². The Hall–Kier alpha value is -2.80. The van der Waals surface area contributed by atoms with E-state index in [1.54, 1.807) is 25.3 Å². The van der Waals surface area contributed by atoms with E-state index in [4.69, 9.17) is 9.47 Å². The van der Waals surface area contributed by atoms with Crippen LogP contribution in [0.2, 0.25) is 0 Å². The Labute approximate surface area is 137 Å². The fourth-order valence-electron chi connectivity index (χ4n) is 2.15. The molecule has 2 N–H and O–H groups in total. The number of carbonyl (C=O) groups excluding carboxylic acids is 1. The van der Waals surface area contributed by atoms with Crippen molar-refractivity contribution < 1.29 is 14.3 Å². The number of aromatic nitrogens is 1. The summed E-state index contributed by atoms with van der Waals surface area (Å²) in [4.78, 5) is 16.7. The van der Waals surface area contributed by atoms with Gasteiger partial charge in [0.05, 0.1) is 24.5 Å². The second-order valence-electron chi connectivity index (χ2n) is 4.61. The van der Waals surface area contributed by atoms with E-state index in [2.05, 4.69) is 15.8 Å². The Balaban J connectivity index is 1.77. The van der Waals surface area contributed by atoms with E-state index in [0.29, 0.717) is 22.2 Å². The molecule has 1 aromatic heterocycles. The van der Waals surface area contributed by atoms with Crippen molar-refractivity contribution in [2.24, 2.45) is 0 Å². The number of para-hydroxylation sites is 2. The molecule has 0 unspecified atom stereocenters. The fraction of sp³-hybridized carbons (Fsp3) is 0.125. The minimum Gasteiger partial charge on any atom is -0.496 e. The number of ether oxygens (including phenoxy) is 2. The average molecular weight is 329 g/mol. The molecule has 3 aromatic rings. The lowest BCUT2D eigenvalue weighted by Gasteiger charge is -2.09. The van der Waals surface area contributed by atoms with Crippen molar-refractivity contribution in [3.05, 3.63) is 48.0 Å². The molecule has 0 bridgehead atoms. The normalized spacial score (nSPS) is 10.3. The van der Waals surface area contributed by atoms with Crippen LogP contribution in [0, 0.1) is 0 Å². The molecule has 118 valence electrons. The lowest BCUT2D eigenvalue weighted by molar-refractivity contribution is 0.0959. The summed E-state index contributed by atoms with van der Waals surface area (Å²) in [5.74, 6) is 0.911. The summed E-state index contributed by atoms with van der Waals surface area (Å²) in [5.41, 5.74) is 6.66. The molecule has 0 spiro atoms. The van der Waals surface area contributed by atoms with E-state index in [0.717, 1.165) is 10.2 Å². The number of anilines is 1. The zero-order valence-electron chi connectivity index (χ0n) is 12.6. The Morgan fingerprint density at radius 2 is 1.78 bits per heavy atom. The van der Waals surface area contributed by atoms with Gasteiger partial charge in [-0.05, 0) is 24.3 Å². The first-order valence-corrected chi connectivity index (χ1v) is 7.67. The van der Waals surface area contributed by atoms with Crippen molar-refractivity contribution in [1.29, 1.82) is 0 Å². The third-order valence-corrected chi connectivity index (χ3v) is 4.17. The number of benzene rings is 2. The number of nitrogens with zero attached hydrogens (tertiary/aromatic N) is 1. The Bertz CT molecular complexity index is 847. The van der Waals surface area contributed by atoms with Crippen molar-refractivity contribution in [2.45, 2.75) is 0 Å². The quantitative estimate of drug-likeness (QED) is 0.704. The van der Waals surface area contributed by atoms with Gasteiger partial charge in [-0.15, -0.1) is 0 Å². The van der Waals surface area contributed by atoms with E-state index < -0.39 is 0 Å². The van der Waals surface area contributed by atoms with E-state index >= 15 is 0 Å². The van der Waals surface area contributed by atoms with Gasteiger partial charge in [0.2, 0.25) is 5.13 Å². The minimum atomic E-state index is -0.298. The third-order valence-electron chi connectivity index (χ3n) is 3.24. The second-order valence-corrected chi connectivity index (χ2v) is 5.64. The van der Waals surface area contributed by atoms with Gasteiger partial charge in [0, 0.05) is 0 Å². The predicted molar refractivity (Wildman–Crippen MR) is 90.3 cm³/mol. The molecule has 2 aromatic carbocycles. The lowest BCUT2D eigenvalue weighted by Crippen LogP contribution is -2.29. The predicted octanol–water partition coefficient (Wildman–Crippen LogP) is 3.07. The first-order valence-electron chi connectivity index (χ1n) is 6.86. The summed E-state index contributed by atoms with van der Waals surface area (Å²) in [5, 5.41) is 0.577. The molecule has 0 aliphatic rings. The highest BCUT2D eigenvalue weighted by molar-refractivity contribution is 7.22. The molecular formula is C16H15N3O3S. The number of rotatable bonds is 5. The molecule has 3 rings (SSSR count). The number of hydrogen-bond acceptors (Lipinski definition) is 6. The van der Waals surface area contributed by atoms with Gasteiger partial charge in [-0.25, -0.2) is 4.98 Å². The van der Waals surface area contributed by atoms with E-state index in [9.17, 15) is 4.79 Å². The highest BCUT2D eigenvalue weighted by Crippen LogP contribution is 2.31. The highest BCUT2D eigenvalue weighted by atomic mass is 32.1. The van der Waals surface area contributed by atoms with Gasteiger partial charge in [-0.1, -0.05) is 29.5 Å². The number of nitrogens with one attached hydrogen (secondary N) is 2. The van der Waals surface area contributed by atoms with E-state index in [1.165, 1.54) is 18.4 Å². The smallest absolute Gasteiger partial charge is 0.273 e. The van der Waals surface area contributed by atoms with Gasteiger partial charge in [0.1, 0.15) is 17.0 Å². The molecule has 0 aliphatic carbocycles. The Kier molecular flexibility index (Phi) is 4.29. The molecule has 0 aliphatic heterocycles. The number of methoxy groups -OCH3 is 2. The number of hydrogen-bond donors (Lipinski definition) is 2. The van der Waals surface area contributed by atoms with Crippen LogP contribution in [0.15, 0.2) is 42.5 Å². The van der Waals surface area contributed by atoms with Crippen LogP contribution < -0.4 is 20.3 Å². The van der Waals surface area contributed by atoms with Crippen LogP contribution >= 0.6 is 11.3 Å². The Morgan fingerprint density at radius 1 is 1.04 bits per heavy atom. The van der Waals surface area contributed by atoms with Gasteiger partial charge >= 0.3 is 0 Å². The summed E-state index contributed by atoms with van der Waals surface area (Å²) >= 11 is 1.43. The first-order chi connectivity index (χ1) is 11.2. The molecule has 23 heavy (non-hydrogen) atoms. The number of fused-ring (bicyclic) bond motifs is 1. The van der Waals surface area contributed by atoms with E-state index in [1.807, 2.05) is 24.3 Å². The van der Waals surface area contributed by atoms with E-state index in [-0.39, 0.29) is 5.91 Å². The number of thiazole rings is 1. The number of hydrazine groups is 1. The van der Waals surface area contributed by atoms with Crippen molar-refractivity contribution in [3.8, 4) is 11.5 Å². The van der Waals surface area contributed by atoms with Crippen LogP contribution in [0.5, 0.6) is 11.5 Å². The summed E-state index contributed by atoms with van der Waals surface area (Å²) in [6.45, 7) is 0. The average Bonchev–Trinajstić information content (AvgIpc) is 3.02. The van der Waals surface area contributed by atoms with Crippen LogP contribution in [-0.2, 0) is 0 Å². The molecule has 6 nitrogen and oxygen atoms in total. The third kappa shape index (κ3) is 3.04. The molecular weight excluding hydrogens is 314 g/mol. The molecule has 1 amide bonds. The molecule has 0 radical (unpaired) electrons. The molecule has 0 saturated carbocycles. The largest absolute Gasteiger partial charge is 0.496 e. The van der Waals surface area contributed by atoms with Crippen molar-refractivity contribution in [2.75, 3.05) is 19.6 Å². The zero-order valence-corrected chi connectivity index (χ0v) is 13.4. The number of amides is 1. The number of carbonyl (C=O) groups is 1. The van der Waals surface area contributed by atoms with Gasteiger partial charge in [-0.3, -0.25) is 15.6 Å². The summed E-state index contributed by atoms with van der Waals surface area (Å²) in [6.07, 6.45) is 0. The highest BCUT2D eigenvalue weighted by Gasteiger charge is 2.13. The summed E-state index contributed by atoms with van der Waals surface area (Å²) in [6, 6.07) is 12.7. The summed E-state index contributed by atoms with van der Waals surface area (Å²) < 4.78 is 11.4. The molecule has 0 saturated heterocycles. The van der Waals surface area contributed by atoms with Gasteiger partial charge < -0.3 is 9.47 Å². The lowest BCUT2D eigenvalue weighted by atomic mass is 10.2. The van der Waals surface area contributed by atoms with Gasteiger partial charge in [0.15, 0.2) is 0 Å². The van der Waals surface area contributed by atoms with Crippen molar-refractivity contribution in [1.82, 2.24) is 10.4 Å². The van der Waals surface area contributed by atoms with Gasteiger partial charge in [0.25, 0.3) is 5.91 Å². The van der Waals surface area contributed by atoms with Crippen LogP contribution in [0.4, 0.5) is 5.13 Å². The zero-order chi connectivity index (χ0) is 16.2. The van der Waals surface area contributed by atoms with Crippen LogP contribution in [0.25, 0.3) is 10.2 Å². The molecule has 0 atom stereocenters. The standard InChI is InChI=1S/C16H15N3O3S/c1-21-11-7-4-3-6-10(11)15(20)18-19-16-17-14-12(22-2)8-5-9-13(14)23-16/h3-9H,1-2H3,(H,17,19)(H,18,20). The SMILES string of the molecule is COc1ccccc1C(=O)NNc1nc2c(OC)cccc2s1. The summed E-state index contributed by atoms with van der Waals surface area (Å²) in [7, 11) is 3.13. The Morgan fingerprint density at radius 3 is 2.57 bits per heavy atom. The fourth-order valence-corrected chi connectivity index (χ4v) is 2.99. The van der Waals surface area contributed by atoms with Crippen LogP contribution in [0.1, 0.15) is 10.4 Å². The minimum absolute atomic E-state index is 0.298. The molecule has 7 heteroatoms. The molecule has 0 fully saturated rings. The van der Waals surface area contributed by atoms with Crippen molar-refractivity contribution in [3.63, 3.8) is 0 Å². The molecule has 1 heterocycles. The monoisotopic (exact) mass is 329 g/mol. The van der Waals surface area contributed by atoms with Crippen LogP contribution in [0.3, 0.4) is 0 Å². The van der Waals surface area contributed by atoms with Crippen LogP contribution in [-0.4, -0.2) is 25.1 Å². The maximum atomic E-state index is 12.2. The second kappa shape index (κ2) is 6.53. The van der Waals surface area contributed by atoms with Crippen molar-refractivity contribution >= 4 is 32.6 Å². The first kappa shape index (κ1) is 15.1. The maximum Gasteiger partial charge on any atom is 0.273 e.